The Balaban J connectivity index is 2.02. The Morgan fingerprint density at radius 1 is 1.33 bits per heavy atom. The number of amides is 2. The molecule has 0 bridgehead atoms. The van der Waals surface area contributed by atoms with E-state index in [0.29, 0.717) is 6.61 Å². The highest BCUT2D eigenvalue weighted by atomic mass is 19.4. The van der Waals surface area contributed by atoms with E-state index in [1.807, 2.05) is 0 Å². The molecule has 8 heteroatoms. The van der Waals surface area contributed by atoms with Gasteiger partial charge in [-0.25, -0.2) is 0 Å². The van der Waals surface area contributed by atoms with Gasteiger partial charge in [-0.1, -0.05) is 12.1 Å². The number of nitrogens with zero attached hydrogens (tertiary/aromatic N) is 1. The predicted molar refractivity (Wildman–Crippen MR) is 81.3 cm³/mol. The molecule has 1 aromatic rings. The smallest absolute Gasteiger partial charge is 0.376 e. The Morgan fingerprint density at radius 3 is 2.62 bits per heavy atom. The zero-order valence-corrected chi connectivity index (χ0v) is 13.2. The minimum absolute atomic E-state index is 0.135. The van der Waals surface area contributed by atoms with Crippen LogP contribution in [0.25, 0.3) is 0 Å². The van der Waals surface area contributed by atoms with Gasteiger partial charge in [0.05, 0.1) is 23.9 Å². The molecule has 1 saturated heterocycles. The Labute approximate surface area is 137 Å². The van der Waals surface area contributed by atoms with Gasteiger partial charge in [0, 0.05) is 20.1 Å². The van der Waals surface area contributed by atoms with Crippen LogP contribution in [-0.2, 0) is 20.5 Å². The zero-order valence-electron chi connectivity index (χ0n) is 13.2. The van der Waals surface area contributed by atoms with Crippen molar-refractivity contribution < 1.29 is 27.5 Å². The third kappa shape index (κ3) is 4.95. The lowest BCUT2D eigenvalue weighted by molar-refractivity contribution is -0.137. The lowest BCUT2D eigenvalue weighted by atomic mass is 10.1. The van der Waals surface area contributed by atoms with Gasteiger partial charge in [0.2, 0.25) is 11.8 Å². The van der Waals surface area contributed by atoms with Crippen molar-refractivity contribution >= 4 is 17.5 Å². The number of carbonyl (C=O) groups excluding carboxylic acids is 2. The summed E-state index contributed by atoms with van der Waals surface area (Å²) in [5.74, 6) is -1.01. The summed E-state index contributed by atoms with van der Waals surface area (Å²) in [6.07, 6.45) is -3.02. The van der Waals surface area contributed by atoms with Crippen LogP contribution in [0.2, 0.25) is 0 Å². The van der Waals surface area contributed by atoms with Gasteiger partial charge in [0.1, 0.15) is 0 Å². The predicted octanol–water partition coefficient (Wildman–Crippen LogP) is 2.67. The summed E-state index contributed by atoms with van der Waals surface area (Å²) in [5.41, 5.74) is -1.25. The maximum atomic E-state index is 12.9. The van der Waals surface area contributed by atoms with E-state index in [0.717, 1.165) is 18.9 Å². The molecule has 5 nitrogen and oxygen atoms in total. The summed E-state index contributed by atoms with van der Waals surface area (Å²) in [6, 6.07) is 4.72. The fourth-order valence-corrected chi connectivity index (χ4v) is 2.54. The Morgan fingerprint density at radius 2 is 2.04 bits per heavy atom. The summed E-state index contributed by atoms with van der Waals surface area (Å²) in [5, 5.41) is 2.23. The van der Waals surface area contributed by atoms with E-state index in [9.17, 15) is 22.8 Å². The molecule has 1 atom stereocenters. The molecule has 1 aliphatic rings. The number of nitrogens with one attached hydrogen (secondary N) is 1. The summed E-state index contributed by atoms with van der Waals surface area (Å²) >= 11 is 0. The van der Waals surface area contributed by atoms with Crippen molar-refractivity contribution in [2.45, 2.75) is 32.0 Å². The molecular formula is C16H19F3N2O3. The molecule has 1 aliphatic heterocycles. The first kappa shape index (κ1) is 18.3. The topological polar surface area (TPSA) is 58.6 Å². The highest BCUT2D eigenvalue weighted by molar-refractivity contribution is 5.95. The van der Waals surface area contributed by atoms with Crippen molar-refractivity contribution in [3.8, 4) is 0 Å². The summed E-state index contributed by atoms with van der Waals surface area (Å²) in [6.45, 7) is 1.86. The van der Waals surface area contributed by atoms with E-state index in [1.54, 1.807) is 0 Å². The number of carbonyl (C=O) groups is 2. The van der Waals surface area contributed by atoms with Gasteiger partial charge < -0.3 is 15.0 Å². The van der Waals surface area contributed by atoms with E-state index >= 15 is 0 Å². The fraction of sp³-hybridized carbons (Fsp3) is 0.500. The molecule has 1 unspecified atom stereocenters. The number of para-hydroxylation sites is 1. The maximum absolute atomic E-state index is 12.9. The summed E-state index contributed by atoms with van der Waals surface area (Å²) in [7, 11) is 0. The molecule has 1 aromatic carbocycles. The van der Waals surface area contributed by atoms with Crippen LogP contribution in [0.15, 0.2) is 24.3 Å². The first-order valence-electron chi connectivity index (χ1n) is 7.60. The van der Waals surface area contributed by atoms with E-state index in [-0.39, 0.29) is 30.8 Å². The Kier molecular flexibility index (Phi) is 5.82. The molecular weight excluding hydrogens is 325 g/mol. The van der Waals surface area contributed by atoms with Gasteiger partial charge in [0.25, 0.3) is 0 Å². The molecule has 0 spiro atoms. The van der Waals surface area contributed by atoms with Crippen LogP contribution in [0.4, 0.5) is 18.9 Å². The molecule has 0 saturated carbocycles. The molecule has 2 amide bonds. The van der Waals surface area contributed by atoms with E-state index in [2.05, 4.69) is 5.32 Å². The van der Waals surface area contributed by atoms with E-state index in [1.165, 1.54) is 30.0 Å². The minimum atomic E-state index is -4.57. The van der Waals surface area contributed by atoms with Crippen molar-refractivity contribution in [3.63, 3.8) is 0 Å². The number of hydrogen-bond donors (Lipinski definition) is 1. The number of alkyl halides is 3. The molecule has 1 heterocycles. The third-order valence-electron chi connectivity index (χ3n) is 3.73. The van der Waals surface area contributed by atoms with Gasteiger partial charge in [-0.05, 0) is 25.0 Å². The molecule has 132 valence electrons. The van der Waals surface area contributed by atoms with Crippen molar-refractivity contribution in [2.24, 2.45) is 0 Å². The zero-order chi connectivity index (χ0) is 17.7. The number of ether oxygens (including phenoxy) is 1. The van der Waals surface area contributed by atoms with Crippen LogP contribution in [0.1, 0.15) is 25.3 Å². The van der Waals surface area contributed by atoms with Crippen LogP contribution in [0, 0.1) is 0 Å². The van der Waals surface area contributed by atoms with Crippen molar-refractivity contribution in [1.29, 1.82) is 0 Å². The molecule has 0 aliphatic carbocycles. The summed E-state index contributed by atoms with van der Waals surface area (Å²) < 4.78 is 44.2. The second kappa shape index (κ2) is 7.65. The van der Waals surface area contributed by atoms with Crippen LogP contribution in [0.3, 0.4) is 0 Å². The van der Waals surface area contributed by atoms with Crippen LogP contribution in [-0.4, -0.2) is 42.5 Å². The standard InChI is InChI=1S/C16H19F3N2O3/c1-11(22)21(9-12-5-4-8-24-12)10-15(23)20-14-7-3-2-6-13(14)16(17,18)19/h2-3,6-7,12H,4-5,8-10H2,1H3,(H,20,23). The number of rotatable bonds is 5. The first-order chi connectivity index (χ1) is 11.3. The maximum Gasteiger partial charge on any atom is 0.418 e. The monoisotopic (exact) mass is 344 g/mol. The van der Waals surface area contributed by atoms with E-state index in [4.69, 9.17) is 4.74 Å². The number of anilines is 1. The third-order valence-corrected chi connectivity index (χ3v) is 3.73. The van der Waals surface area contributed by atoms with Crippen molar-refractivity contribution in [1.82, 2.24) is 4.90 Å². The molecule has 24 heavy (non-hydrogen) atoms. The second-order valence-electron chi connectivity index (χ2n) is 5.63. The average Bonchev–Trinajstić information content (AvgIpc) is 2.99. The molecule has 0 aromatic heterocycles. The Bertz CT molecular complexity index is 598. The highest BCUT2D eigenvalue weighted by Gasteiger charge is 2.33. The van der Waals surface area contributed by atoms with Crippen LogP contribution >= 0.6 is 0 Å². The highest BCUT2D eigenvalue weighted by Crippen LogP contribution is 2.34. The van der Waals surface area contributed by atoms with Gasteiger partial charge >= 0.3 is 6.18 Å². The van der Waals surface area contributed by atoms with Gasteiger partial charge in [-0.15, -0.1) is 0 Å². The quantitative estimate of drug-likeness (QED) is 0.893. The normalized spacial score (nSPS) is 17.6. The molecule has 2 rings (SSSR count). The number of halogens is 3. The fourth-order valence-electron chi connectivity index (χ4n) is 2.54. The lowest BCUT2D eigenvalue weighted by Gasteiger charge is -2.24. The molecule has 1 N–H and O–H groups in total. The van der Waals surface area contributed by atoms with Crippen LogP contribution in [0.5, 0.6) is 0 Å². The number of hydrogen-bond acceptors (Lipinski definition) is 3. The average molecular weight is 344 g/mol. The van der Waals surface area contributed by atoms with Crippen LogP contribution < -0.4 is 5.32 Å². The number of benzene rings is 1. The van der Waals surface area contributed by atoms with Gasteiger partial charge in [-0.3, -0.25) is 9.59 Å². The first-order valence-corrected chi connectivity index (χ1v) is 7.60. The van der Waals surface area contributed by atoms with E-state index < -0.39 is 17.6 Å². The minimum Gasteiger partial charge on any atom is -0.376 e. The molecule has 1 fully saturated rings. The lowest BCUT2D eigenvalue weighted by Crippen LogP contribution is -2.41. The summed E-state index contributed by atoms with van der Waals surface area (Å²) in [4.78, 5) is 25.0. The van der Waals surface area contributed by atoms with Crippen molar-refractivity contribution in [2.75, 3.05) is 25.0 Å². The van der Waals surface area contributed by atoms with Gasteiger partial charge in [0.15, 0.2) is 0 Å². The Hall–Kier alpha value is -2.09. The SMILES string of the molecule is CC(=O)N(CC(=O)Nc1ccccc1C(F)(F)F)CC1CCCO1. The second-order valence-corrected chi connectivity index (χ2v) is 5.63. The largest absolute Gasteiger partial charge is 0.418 e. The van der Waals surface area contributed by atoms with Crippen molar-refractivity contribution in [3.05, 3.63) is 29.8 Å². The molecule has 0 radical (unpaired) electrons. The van der Waals surface area contributed by atoms with Gasteiger partial charge in [-0.2, -0.15) is 13.2 Å².